The average molecular weight is 213 g/mol. The molecule has 0 radical (unpaired) electrons. The van der Waals surface area contributed by atoms with Crippen molar-refractivity contribution in [2.75, 3.05) is 13.7 Å². The molecule has 0 aromatic heterocycles. The van der Waals surface area contributed by atoms with Crippen molar-refractivity contribution in [3.8, 4) is 0 Å². The number of rotatable bonds is 2. The van der Waals surface area contributed by atoms with Crippen LogP contribution in [0.15, 0.2) is 0 Å². The molecular formula is C11H19NO3. The fourth-order valence-electron chi connectivity index (χ4n) is 2.02. The Hall–Kier alpha value is -1.06. The van der Waals surface area contributed by atoms with E-state index < -0.39 is 0 Å². The van der Waals surface area contributed by atoms with Gasteiger partial charge in [-0.25, -0.2) is 0 Å². The number of hydrogen-bond acceptors (Lipinski definition) is 3. The Balaban J connectivity index is 2.63. The van der Waals surface area contributed by atoms with E-state index in [2.05, 4.69) is 0 Å². The molecule has 1 amide bonds. The lowest BCUT2D eigenvalue weighted by Crippen LogP contribution is -2.47. The molecule has 0 aromatic rings. The van der Waals surface area contributed by atoms with Gasteiger partial charge in [-0.05, 0) is 19.8 Å². The van der Waals surface area contributed by atoms with E-state index in [-0.39, 0.29) is 23.8 Å². The second-order valence-corrected chi connectivity index (χ2v) is 4.05. The Bertz CT molecular complexity index is 252. The van der Waals surface area contributed by atoms with E-state index >= 15 is 0 Å². The molecule has 15 heavy (non-hydrogen) atoms. The zero-order chi connectivity index (χ0) is 11.4. The Morgan fingerprint density at radius 3 is 2.60 bits per heavy atom. The van der Waals surface area contributed by atoms with Crippen LogP contribution in [0.1, 0.15) is 33.1 Å². The summed E-state index contributed by atoms with van der Waals surface area (Å²) in [6.07, 6.45) is 2.20. The predicted molar refractivity (Wildman–Crippen MR) is 56.2 cm³/mol. The predicted octanol–water partition coefficient (Wildman–Crippen LogP) is 1.20. The molecular weight excluding hydrogens is 194 g/mol. The molecule has 1 aliphatic heterocycles. The highest BCUT2D eigenvalue weighted by Crippen LogP contribution is 2.23. The first-order valence-electron chi connectivity index (χ1n) is 5.47. The lowest BCUT2D eigenvalue weighted by atomic mass is 9.93. The van der Waals surface area contributed by atoms with Crippen molar-refractivity contribution in [2.24, 2.45) is 5.92 Å². The summed E-state index contributed by atoms with van der Waals surface area (Å²) in [5.41, 5.74) is 0. The molecule has 1 aliphatic rings. The Kier molecular flexibility index (Phi) is 4.12. The number of nitrogens with zero attached hydrogens (tertiary/aromatic N) is 1. The van der Waals surface area contributed by atoms with E-state index in [1.165, 1.54) is 7.11 Å². The Morgan fingerprint density at radius 1 is 1.40 bits per heavy atom. The highest BCUT2D eigenvalue weighted by molar-refractivity contribution is 5.78. The maximum Gasteiger partial charge on any atom is 0.310 e. The van der Waals surface area contributed by atoms with E-state index in [1.54, 1.807) is 4.90 Å². The third kappa shape index (κ3) is 2.70. The summed E-state index contributed by atoms with van der Waals surface area (Å²) in [6, 6.07) is 0.248. The largest absolute Gasteiger partial charge is 0.469 e. The molecule has 4 nitrogen and oxygen atoms in total. The summed E-state index contributed by atoms with van der Waals surface area (Å²) < 4.78 is 4.71. The van der Waals surface area contributed by atoms with Gasteiger partial charge in [0.05, 0.1) is 13.0 Å². The minimum Gasteiger partial charge on any atom is -0.469 e. The number of methoxy groups -OCH3 is 1. The number of amides is 1. The van der Waals surface area contributed by atoms with Crippen molar-refractivity contribution in [1.82, 2.24) is 4.90 Å². The van der Waals surface area contributed by atoms with Gasteiger partial charge in [-0.2, -0.15) is 0 Å². The van der Waals surface area contributed by atoms with E-state index in [4.69, 9.17) is 4.74 Å². The van der Waals surface area contributed by atoms with E-state index in [0.717, 1.165) is 12.8 Å². The van der Waals surface area contributed by atoms with Gasteiger partial charge in [-0.3, -0.25) is 9.59 Å². The second-order valence-electron chi connectivity index (χ2n) is 4.05. The normalized spacial score (nSPS) is 26.2. The molecule has 0 unspecified atom stereocenters. The third-order valence-corrected chi connectivity index (χ3v) is 3.04. The zero-order valence-electron chi connectivity index (χ0n) is 9.66. The Morgan fingerprint density at radius 2 is 2.07 bits per heavy atom. The second kappa shape index (κ2) is 5.14. The smallest absolute Gasteiger partial charge is 0.310 e. The standard InChI is InChI=1S/C11H19NO3/c1-4-10(13)12-7-9(11(14)15-3)6-5-8(12)2/h8-9H,4-7H2,1-3H3/t8-,9+/m0/s1. The highest BCUT2D eigenvalue weighted by atomic mass is 16.5. The van der Waals surface area contributed by atoms with Gasteiger partial charge in [0, 0.05) is 19.0 Å². The van der Waals surface area contributed by atoms with Crippen molar-refractivity contribution in [1.29, 1.82) is 0 Å². The maximum absolute atomic E-state index is 11.6. The van der Waals surface area contributed by atoms with E-state index in [0.29, 0.717) is 13.0 Å². The van der Waals surface area contributed by atoms with Crippen LogP contribution in [0.2, 0.25) is 0 Å². The molecule has 86 valence electrons. The minimum absolute atomic E-state index is 0.121. The number of piperidine rings is 1. The summed E-state index contributed by atoms with van der Waals surface area (Å²) in [4.78, 5) is 24.8. The Labute approximate surface area is 90.6 Å². The van der Waals surface area contributed by atoms with Crippen LogP contribution in [-0.2, 0) is 14.3 Å². The maximum atomic E-state index is 11.6. The number of ether oxygens (including phenoxy) is 1. The quantitative estimate of drug-likeness (QED) is 0.647. The van der Waals surface area contributed by atoms with Gasteiger partial charge in [0.25, 0.3) is 0 Å². The van der Waals surface area contributed by atoms with Gasteiger partial charge in [-0.15, -0.1) is 0 Å². The molecule has 0 spiro atoms. The molecule has 0 bridgehead atoms. The highest BCUT2D eigenvalue weighted by Gasteiger charge is 2.32. The molecule has 1 heterocycles. The fourth-order valence-corrected chi connectivity index (χ4v) is 2.02. The molecule has 2 atom stereocenters. The van der Waals surface area contributed by atoms with Crippen LogP contribution in [0, 0.1) is 5.92 Å². The molecule has 1 fully saturated rings. The molecule has 0 N–H and O–H groups in total. The summed E-state index contributed by atoms with van der Waals surface area (Å²) in [5.74, 6) is -0.214. The number of carbonyl (C=O) groups is 2. The third-order valence-electron chi connectivity index (χ3n) is 3.04. The van der Waals surface area contributed by atoms with Crippen LogP contribution in [0.4, 0.5) is 0 Å². The molecule has 0 aliphatic carbocycles. The monoisotopic (exact) mass is 213 g/mol. The van der Waals surface area contributed by atoms with Crippen molar-refractivity contribution in [3.63, 3.8) is 0 Å². The number of esters is 1. The zero-order valence-corrected chi connectivity index (χ0v) is 9.66. The first-order valence-corrected chi connectivity index (χ1v) is 5.47. The van der Waals surface area contributed by atoms with Crippen molar-refractivity contribution in [2.45, 2.75) is 39.2 Å². The lowest BCUT2D eigenvalue weighted by molar-refractivity contribution is -0.150. The van der Waals surface area contributed by atoms with E-state index in [1.807, 2.05) is 13.8 Å². The topological polar surface area (TPSA) is 46.6 Å². The van der Waals surface area contributed by atoms with Crippen LogP contribution in [-0.4, -0.2) is 36.5 Å². The number of hydrogen-bond donors (Lipinski definition) is 0. The SMILES string of the molecule is CCC(=O)N1C[C@H](C(=O)OC)CC[C@@H]1C. The van der Waals surface area contributed by atoms with Crippen molar-refractivity contribution < 1.29 is 14.3 Å². The number of carbonyl (C=O) groups excluding carboxylic acids is 2. The molecule has 1 saturated heterocycles. The first kappa shape index (κ1) is 12.0. The van der Waals surface area contributed by atoms with Gasteiger partial charge >= 0.3 is 5.97 Å². The van der Waals surface area contributed by atoms with Crippen LogP contribution in [0.3, 0.4) is 0 Å². The first-order chi connectivity index (χ1) is 7.10. The van der Waals surface area contributed by atoms with E-state index in [9.17, 15) is 9.59 Å². The van der Waals surface area contributed by atoms with Crippen LogP contribution in [0.5, 0.6) is 0 Å². The average Bonchev–Trinajstić information content (AvgIpc) is 2.27. The van der Waals surface area contributed by atoms with Crippen LogP contribution in [0.25, 0.3) is 0 Å². The minimum atomic E-state index is -0.198. The lowest BCUT2D eigenvalue weighted by Gasteiger charge is -2.36. The number of likely N-dealkylation sites (tertiary alicyclic amines) is 1. The molecule has 1 rings (SSSR count). The van der Waals surface area contributed by atoms with Gasteiger partial charge in [0.2, 0.25) is 5.91 Å². The summed E-state index contributed by atoms with van der Waals surface area (Å²) in [6.45, 7) is 4.39. The summed E-state index contributed by atoms with van der Waals surface area (Å²) in [7, 11) is 1.40. The van der Waals surface area contributed by atoms with Crippen molar-refractivity contribution in [3.05, 3.63) is 0 Å². The summed E-state index contributed by atoms with van der Waals surface area (Å²) >= 11 is 0. The van der Waals surface area contributed by atoms with Crippen LogP contribution >= 0.6 is 0 Å². The van der Waals surface area contributed by atoms with Gasteiger partial charge in [-0.1, -0.05) is 6.92 Å². The summed E-state index contributed by atoms with van der Waals surface area (Å²) in [5, 5.41) is 0. The van der Waals surface area contributed by atoms with Crippen molar-refractivity contribution >= 4 is 11.9 Å². The molecule has 4 heteroatoms. The van der Waals surface area contributed by atoms with Gasteiger partial charge in [0.15, 0.2) is 0 Å². The van der Waals surface area contributed by atoms with Gasteiger partial charge < -0.3 is 9.64 Å². The molecule has 0 saturated carbocycles. The molecule has 0 aromatic carbocycles. The van der Waals surface area contributed by atoms with Crippen LogP contribution < -0.4 is 0 Å². The fraction of sp³-hybridized carbons (Fsp3) is 0.818. The van der Waals surface area contributed by atoms with Gasteiger partial charge in [0.1, 0.15) is 0 Å².